The number of thiocarbonyl (C=S) groups is 1. The number of carbonyl (C=O) groups is 3. The van der Waals surface area contributed by atoms with Crippen LogP contribution in [0.15, 0.2) is 64.6 Å². The summed E-state index contributed by atoms with van der Waals surface area (Å²) in [5, 5.41) is 11.6. The number of aromatic carboxylic acids is 1. The number of hydrogen-bond acceptors (Lipinski definition) is 5. The first-order valence-corrected chi connectivity index (χ1v) is 10.1. The number of nitrogens with one attached hydrogen (secondary N) is 1. The Morgan fingerprint density at radius 1 is 1.03 bits per heavy atom. The van der Waals surface area contributed by atoms with Crippen LogP contribution in [0.3, 0.4) is 0 Å². The van der Waals surface area contributed by atoms with Gasteiger partial charge in [0, 0.05) is 5.56 Å². The molecular formula is C24H18N2O5S. The fourth-order valence-electron chi connectivity index (χ4n) is 3.48. The summed E-state index contributed by atoms with van der Waals surface area (Å²) in [6.45, 7) is 3.83. The summed E-state index contributed by atoms with van der Waals surface area (Å²) in [5.41, 5.74) is 3.21. The molecule has 32 heavy (non-hydrogen) atoms. The van der Waals surface area contributed by atoms with Gasteiger partial charge in [-0.05, 0) is 79.7 Å². The summed E-state index contributed by atoms with van der Waals surface area (Å²) in [6, 6.07) is 15.1. The Labute approximate surface area is 189 Å². The second-order valence-electron chi connectivity index (χ2n) is 7.39. The minimum atomic E-state index is -1.02. The second-order valence-corrected chi connectivity index (χ2v) is 7.77. The van der Waals surface area contributed by atoms with Gasteiger partial charge in [-0.3, -0.25) is 19.8 Å². The molecule has 3 aromatic rings. The molecule has 7 nitrogen and oxygen atoms in total. The monoisotopic (exact) mass is 446 g/mol. The fourth-order valence-corrected chi connectivity index (χ4v) is 3.76. The van der Waals surface area contributed by atoms with E-state index in [1.54, 1.807) is 24.3 Å². The van der Waals surface area contributed by atoms with E-state index < -0.39 is 17.8 Å². The molecule has 0 unspecified atom stereocenters. The first kappa shape index (κ1) is 21.2. The van der Waals surface area contributed by atoms with Crippen LogP contribution in [0, 0.1) is 13.8 Å². The zero-order valence-corrected chi connectivity index (χ0v) is 18.0. The van der Waals surface area contributed by atoms with E-state index >= 15 is 0 Å². The van der Waals surface area contributed by atoms with E-state index in [0.29, 0.717) is 22.8 Å². The summed E-state index contributed by atoms with van der Waals surface area (Å²) in [4.78, 5) is 38.0. The number of carbonyl (C=O) groups excluding carboxylic acids is 2. The van der Waals surface area contributed by atoms with Gasteiger partial charge in [-0.1, -0.05) is 18.2 Å². The SMILES string of the molecule is Cc1cc(C)cc(N2C(=O)/C(=C/c3ccc(-c4ccc(C(=O)O)cc4)o3)C(=O)NC2=S)c1. The summed E-state index contributed by atoms with van der Waals surface area (Å²) in [6.07, 6.45) is 1.37. The van der Waals surface area contributed by atoms with Crippen LogP contribution >= 0.6 is 12.2 Å². The first-order valence-electron chi connectivity index (χ1n) is 9.66. The lowest BCUT2D eigenvalue weighted by atomic mass is 10.1. The number of hydrogen-bond donors (Lipinski definition) is 2. The Morgan fingerprint density at radius 3 is 2.31 bits per heavy atom. The van der Waals surface area contributed by atoms with Gasteiger partial charge in [-0.15, -0.1) is 0 Å². The molecule has 160 valence electrons. The molecule has 1 fully saturated rings. The molecule has 8 heteroatoms. The van der Waals surface area contributed by atoms with E-state index in [2.05, 4.69) is 5.32 Å². The predicted molar refractivity (Wildman–Crippen MR) is 123 cm³/mol. The lowest BCUT2D eigenvalue weighted by Gasteiger charge is -2.29. The number of carboxylic acid groups (broad SMARTS) is 1. The molecule has 1 aliphatic rings. The van der Waals surface area contributed by atoms with E-state index in [1.807, 2.05) is 32.0 Å². The maximum Gasteiger partial charge on any atom is 0.335 e. The van der Waals surface area contributed by atoms with Crippen molar-refractivity contribution in [3.63, 3.8) is 0 Å². The zero-order valence-electron chi connectivity index (χ0n) is 17.2. The molecule has 0 aliphatic carbocycles. The maximum absolute atomic E-state index is 13.2. The van der Waals surface area contributed by atoms with Gasteiger partial charge < -0.3 is 9.52 Å². The highest BCUT2D eigenvalue weighted by molar-refractivity contribution is 7.80. The van der Waals surface area contributed by atoms with E-state index in [4.69, 9.17) is 21.7 Å². The van der Waals surface area contributed by atoms with Gasteiger partial charge in [0.05, 0.1) is 11.3 Å². The van der Waals surface area contributed by atoms with Crippen molar-refractivity contribution in [1.29, 1.82) is 0 Å². The fraction of sp³-hybridized carbons (Fsp3) is 0.0833. The third-order valence-corrected chi connectivity index (χ3v) is 5.18. The second kappa shape index (κ2) is 8.24. The topological polar surface area (TPSA) is 99.8 Å². The minimum absolute atomic E-state index is 0.0146. The van der Waals surface area contributed by atoms with Crippen molar-refractivity contribution in [2.45, 2.75) is 13.8 Å². The number of rotatable bonds is 4. The molecule has 4 rings (SSSR count). The van der Waals surface area contributed by atoms with Gasteiger partial charge in [0.2, 0.25) is 0 Å². The lowest BCUT2D eigenvalue weighted by molar-refractivity contribution is -0.122. The Bertz CT molecular complexity index is 1280. The van der Waals surface area contributed by atoms with Crippen molar-refractivity contribution < 1.29 is 23.9 Å². The summed E-state index contributed by atoms with van der Waals surface area (Å²) < 4.78 is 5.77. The molecule has 0 atom stereocenters. The minimum Gasteiger partial charge on any atom is -0.478 e. The van der Waals surface area contributed by atoms with E-state index in [1.165, 1.54) is 23.1 Å². The van der Waals surface area contributed by atoms with Crippen LogP contribution in [-0.2, 0) is 9.59 Å². The first-order chi connectivity index (χ1) is 15.2. The van der Waals surface area contributed by atoms with Gasteiger partial charge in [-0.25, -0.2) is 4.79 Å². The summed E-state index contributed by atoms with van der Waals surface area (Å²) >= 11 is 5.24. The van der Waals surface area contributed by atoms with Gasteiger partial charge in [0.25, 0.3) is 11.8 Å². The molecule has 0 spiro atoms. The maximum atomic E-state index is 13.2. The van der Waals surface area contributed by atoms with Crippen molar-refractivity contribution in [1.82, 2.24) is 5.32 Å². The van der Waals surface area contributed by atoms with Crippen LogP contribution in [-0.4, -0.2) is 28.0 Å². The average Bonchev–Trinajstić information content (AvgIpc) is 3.19. The van der Waals surface area contributed by atoms with Crippen LogP contribution in [0.25, 0.3) is 17.4 Å². The summed E-state index contributed by atoms with van der Waals surface area (Å²) in [5.74, 6) is -1.40. The number of carboxylic acids is 1. The van der Waals surface area contributed by atoms with Crippen molar-refractivity contribution in [3.8, 4) is 11.3 Å². The van der Waals surface area contributed by atoms with Gasteiger partial charge >= 0.3 is 5.97 Å². The van der Waals surface area contributed by atoms with E-state index in [9.17, 15) is 14.4 Å². The molecule has 1 aromatic heterocycles. The van der Waals surface area contributed by atoms with Crippen LogP contribution in [0.1, 0.15) is 27.2 Å². The number of furan rings is 1. The Balaban J connectivity index is 1.66. The van der Waals surface area contributed by atoms with Crippen LogP contribution < -0.4 is 10.2 Å². The largest absolute Gasteiger partial charge is 0.478 e. The molecule has 0 bridgehead atoms. The highest BCUT2D eigenvalue weighted by Gasteiger charge is 2.35. The van der Waals surface area contributed by atoms with Crippen LogP contribution in [0.2, 0.25) is 0 Å². The third-order valence-electron chi connectivity index (χ3n) is 4.90. The van der Waals surface area contributed by atoms with Gasteiger partial charge in [0.1, 0.15) is 17.1 Å². The highest BCUT2D eigenvalue weighted by Crippen LogP contribution is 2.27. The Morgan fingerprint density at radius 2 is 1.69 bits per heavy atom. The normalized spacial score (nSPS) is 15.2. The van der Waals surface area contributed by atoms with Crippen LogP contribution in [0.5, 0.6) is 0 Å². The predicted octanol–water partition coefficient (Wildman–Crippen LogP) is 4.09. The molecule has 1 saturated heterocycles. The number of aryl methyl sites for hydroxylation is 2. The smallest absolute Gasteiger partial charge is 0.335 e. The molecule has 2 aromatic carbocycles. The van der Waals surface area contributed by atoms with Crippen molar-refractivity contribution in [3.05, 3.63) is 82.6 Å². The molecular weight excluding hydrogens is 428 g/mol. The molecule has 2 N–H and O–H groups in total. The van der Waals surface area contributed by atoms with Crippen molar-refractivity contribution in [2.24, 2.45) is 0 Å². The average molecular weight is 446 g/mol. The summed E-state index contributed by atoms with van der Waals surface area (Å²) in [7, 11) is 0. The number of benzene rings is 2. The number of amides is 2. The zero-order chi connectivity index (χ0) is 23.0. The van der Waals surface area contributed by atoms with Gasteiger partial charge in [-0.2, -0.15) is 0 Å². The number of nitrogens with zero attached hydrogens (tertiary/aromatic N) is 1. The quantitative estimate of drug-likeness (QED) is 0.356. The molecule has 1 aliphatic heterocycles. The molecule has 0 radical (unpaired) electrons. The van der Waals surface area contributed by atoms with Crippen LogP contribution in [0.4, 0.5) is 5.69 Å². The van der Waals surface area contributed by atoms with Gasteiger partial charge in [0.15, 0.2) is 5.11 Å². The Hall–Kier alpha value is -4.04. The standard InChI is InChI=1S/C24H18N2O5S/c1-13-9-14(2)11-17(10-13)26-22(28)19(21(27)25-24(26)32)12-18-7-8-20(31-18)15-3-5-16(6-4-15)23(29)30/h3-12H,1-2H3,(H,29,30)(H,25,27,32)/b19-12+. The van der Waals surface area contributed by atoms with E-state index in [-0.39, 0.29) is 16.2 Å². The van der Waals surface area contributed by atoms with Crippen molar-refractivity contribution in [2.75, 3.05) is 4.90 Å². The van der Waals surface area contributed by atoms with Crippen molar-refractivity contribution >= 4 is 46.9 Å². The third kappa shape index (κ3) is 4.08. The highest BCUT2D eigenvalue weighted by atomic mass is 32.1. The number of anilines is 1. The molecule has 2 heterocycles. The molecule has 2 amide bonds. The van der Waals surface area contributed by atoms with E-state index in [0.717, 1.165) is 11.1 Å². The Kier molecular flexibility index (Phi) is 5.46. The lowest BCUT2D eigenvalue weighted by Crippen LogP contribution is -2.54. The molecule has 0 saturated carbocycles.